The molecule has 2 aliphatic heterocycles. The second kappa shape index (κ2) is 8.28. The van der Waals surface area contributed by atoms with Crippen molar-refractivity contribution in [3.05, 3.63) is 64.1 Å². The van der Waals surface area contributed by atoms with E-state index in [1.165, 1.54) is 9.80 Å². The molecule has 8 heteroatoms. The van der Waals surface area contributed by atoms with Gasteiger partial charge in [0.1, 0.15) is 5.75 Å². The number of carbonyl (C=O) groups is 3. The first-order valence-electron chi connectivity index (χ1n) is 9.65. The van der Waals surface area contributed by atoms with Crippen LogP contribution in [0.2, 0.25) is 10.0 Å². The summed E-state index contributed by atoms with van der Waals surface area (Å²) >= 11 is 11.9. The quantitative estimate of drug-likeness (QED) is 0.660. The van der Waals surface area contributed by atoms with Crippen LogP contribution in [0.1, 0.15) is 12.5 Å². The Morgan fingerprint density at radius 2 is 1.67 bits per heavy atom. The summed E-state index contributed by atoms with van der Waals surface area (Å²) in [6.45, 7) is 2.32. The van der Waals surface area contributed by atoms with Crippen LogP contribution in [-0.4, -0.2) is 46.7 Å². The molecule has 30 heavy (non-hydrogen) atoms. The number of rotatable bonds is 5. The van der Waals surface area contributed by atoms with Gasteiger partial charge in [0.2, 0.25) is 11.8 Å². The molecule has 0 bridgehead atoms. The molecule has 2 aromatic carbocycles. The summed E-state index contributed by atoms with van der Waals surface area (Å²) in [5, 5.41) is 0.728. The number of carbonyl (C=O) groups excluding carboxylic acids is 3. The van der Waals surface area contributed by atoms with Crippen LogP contribution in [0.5, 0.6) is 5.75 Å². The summed E-state index contributed by atoms with van der Waals surface area (Å²) in [7, 11) is 0. The Bertz CT molecular complexity index is 974. The highest BCUT2D eigenvalue weighted by Gasteiger charge is 2.53. The molecule has 2 saturated heterocycles. The largest absolute Gasteiger partial charge is 0.481 e. The van der Waals surface area contributed by atoms with E-state index in [9.17, 15) is 14.4 Å². The Balaban J connectivity index is 1.39. The van der Waals surface area contributed by atoms with E-state index in [1.807, 2.05) is 30.3 Å². The lowest BCUT2D eigenvalue weighted by Crippen LogP contribution is -2.42. The van der Waals surface area contributed by atoms with E-state index in [0.717, 1.165) is 5.56 Å². The maximum atomic E-state index is 12.8. The van der Waals surface area contributed by atoms with Gasteiger partial charge in [0.25, 0.3) is 5.91 Å². The highest BCUT2D eigenvalue weighted by molar-refractivity contribution is 6.42. The lowest BCUT2D eigenvalue weighted by Gasteiger charge is -2.24. The minimum Gasteiger partial charge on any atom is -0.481 e. The van der Waals surface area contributed by atoms with Gasteiger partial charge in [-0.3, -0.25) is 19.3 Å². The van der Waals surface area contributed by atoms with Crippen LogP contribution < -0.4 is 4.74 Å². The number of likely N-dealkylation sites (tertiary alicyclic amines) is 2. The summed E-state index contributed by atoms with van der Waals surface area (Å²) in [5.41, 5.74) is 0.899. The first-order chi connectivity index (χ1) is 14.3. The maximum absolute atomic E-state index is 12.8. The van der Waals surface area contributed by atoms with Crippen LogP contribution in [0, 0.1) is 11.8 Å². The molecule has 0 spiro atoms. The zero-order chi connectivity index (χ0) is 21.4. The molecule has 4 rings (SSSR count). The monoisotopic (exact) mass is 446 g/mol. The number of fused-ring (bicyclic) bond motifs is 1. The van der Waals surface area contributed by atoms with Gasteiger partial charge in [-0.1, -0.05) is 53.5 Å². The molecule has 0 aromatic heterocycles. The van der Waals surface area contributed by atoms with Gasteiger partial charge in [0.05, 0.1) is 28.4 Å². The third-order valence-electron chi connectivity index (χ3n) is 5.53. The number of imide groups is 1. The molecule has 3 atom stereocenters. The molecule has 0 saturated carbocycles. The summed E-state index contributed by atoms with van der Waals surface area (Å²) in [6.07, 6.45) is -0.785. The van der Waals surface area contributed by atoms with Crippen molar-refractivity contribution in [2.45, 2.75) is 19.6 Å². The molecule has 1 unspecified atom stereocenters. The normalized spacial score (nSPS) is 21.7. The molecule has 2 heterocycles. The summed E-state index contributed by atoms with van der Waals surface area (Å²) in [6, 6.07) is 14.2. The lowest BCUT2D eigenvalue weighted by molar-refractivity contribution is -0.143. The van der Waals surface area contributed by atoms with E-state index in [2.05, 4.69) is 0 Å². The van der Waals surface area contributed by atoms with Crippen molar-refractivity contribution in [1.82, 2.24) is 9.80 Å². The Labute approximate surface area is 184 Å². The highest BCUT2D eigenvalue weighted by atomic mass is 35.5. The van der Waals surface area contributed by atoms with Gasteiger partial charge in [0.15, 0.2) is 6.10 Å². The van der Waals surface area contributed by atoms with Crippen LogP contribution >= 0.6 is 23.2 Å². The predicted molar refractivity (Wildman–Crippen MR) is 112 cm³/mol. The molecule has 2 aliphatic rings. The third-order valence-corrected chi connectivity index (χ3v) is 6.27. The Morgan fingerprint density at radius 3 is 2.27 bits per heavy atom. The van der Waals surface area contributed by atoms with E-state index >= 15 is 0 Å². The fourth-order valence-corrected chi connectivity index (χ4v) is 4.26. The van der Waals surface area contributed by atoms with Gasteiger partial charge in [0, 0.05) is 19.2 Å². The average molecular weight is 447 g/mol. The van der Waals surface area contributed by atoms with Gasteiger partial charge < -0.3 is 9.64 Å². The first kappa shape index (κ1) is 20.7. The standard InChI is InChI=1S/C22H20Cl2N2O4/c1-13(30-15-7-8-18(23)19(24)9-15)20(27)25-11-16-17(12-25)22(29)26(21(16)28)10-14-5-3-2-4-6-14/h2-9,13,16-17H,10-12H2,1H3/t13?,16-,17+. The average Bonchev–Trinajstić information content (AvgIpc) is 3.27. The van der Waals surface area contributed by atoms with Crippen molar-refractivity contribution in [1.29, 1.82) is 0 Å². The molecule has 0 aliphatic carbocycles. The Kier molecular flexibility index (Phi) is 5.71. The third kappa shape index (κ3) is 3.89. The maximum Gasteiger partial charge on any atom is 0.263 e. The molecule has 3 amide bonds. The fraction of sp³-hybridized carbons (Fsp3) is 0.318. The van der Waals surface area contributed by atoms with E-state index in [4.69, 9.17) is 27.9 Å². The minimum absolute atomic E-state index is 0.217. The number of benzene rings is 2. The van der Waals surface area contributed by atoms with E-state index in [0.29, 0.717) is 15.8 Å². The van der Waals surface area contributed by atoms with Gasteiger partial charge in [-0.25, -0.2) is 0 Å². The van der Waals surface area contributed by atoms with Gasteiger partial charge in [-0.2, -0.15) is 0 Å². The van der Waals surface area contributed by atoms with Crippen molar-refractivity contribution < 1.29 is 19.1 Å². The molecular weight excluding hydrogens is 427 g/mol. The number of halogens is 2. The van der Waals surface area contributed by atoms with E-state index in [-0.39, 0.29) is 37.4 Å². The second-order valence-corrected chi connectivity index (χ2v) is 8.35. The number of hydrogen-bond donors (Lipinski definition) is 0. The topological polar surface area (TPSA) is 66.9 Å². The smallest absolute Gasteiger partial charge is 0.263 e. The molecule has 2 fully saturated rings. The molecule has 6 nitrogen and oxygen atoms in total. The number of hydrogen-bond acceptors (Lipinski definition) is 4. The number of amides is 3. The van der Waals surface area contributed by atoms with Gasteiger partial charge >= 0.3 is 0 Å². The predicted octanol–water partition coefficient (Wildman–Crippen LogP) is 3.40. The summed E-state index contributed by atoms with van der Waals surface area (Å²) in [4.78, 5) is 41.3. The van der Waals surface area contributed by atoms with Crippen molar-refractivity contribution in [2.24, 2.45) is 11.8 Å². The van der Waals surface area contributed by atoms with Crippen LogP contribution in [0.15, 0.2) is 48.5 Å². The van der Waals surface area contributed by atoms with Gasteiger partial charge in [-0.05, 0) is 24.6 Å². The fourth-order valence-electron chi connectivity index (χ4n) is 3.98. The van der Waals surface area contributed by atoms with Crippen molar-refractivity contribution >= 4 is 40.9 Å². The SMILES string of the molecule is CC(Oc1ccc(Cl)c(Cl)c1)C(=O)N1C[C@@H]2C(=O)N(Cc3ccccc3)C(=O)[C@@H]2C1. The zero-order valence-corrected chi connectivity index (χ0v) is 17.8. The molecule has 2 aromatic rings. The highest BCUT2D eigenvalue weighted by Crippen LogP contribution is 2.35. The second-order valence-electron chi connectivity index (χ2n) is 7.54. The van der Waals surface area contributed by atoms with Gasteiger partial charge in [-0.15, -0.1) is 0 Å². The minimum atomic E-state index is -0.785. The Hall–Kier alpha value is -2.57. The summed E-state index contributed by atoms with van der Waals surface area (Å²) < 4.78 is 5.69. The van der Waals surface area contributed by atoms with E-state index < -0.39 is 17.9 Å². The molecule has 0 N–H and O–H groups in total. The van der Waals surface area contributed by atoms with E-state index in [1.54, 1.807) is 25.1 Å². The number of nitrogens with zero attached hydrogens (tertiary/aromatic N) is 2. The zero-order valence-electron chi connectivity index (χ0n) is 16.3. The molecule has 156 valence electrons. The van der Waals surface area contributed by atoms with Crippen molar-refractivity contribution in [3.8, 4) is 5.75 Å². The van der Waals surface area contributed by atoms with Crippen LogP contribution in [0.4, 0.5) is 0 Å². The first-order valence-corrected chi connectivity index (χ1v) is 10.4. The molecular formula is C22H20Cl2N2O4. The van der Waals surface area contributed by atoms with Crippen LogP contribution in [0.3, 0.4) is 0 Å². The number of ether oxygens (including phenoxy) is 1. The van der Waals surface area contributed by atoms with Crippen LogP contribution in [-0.2, 0) is 20.9 Å². The summed E-state index contributed by atoms with van der Waals surface area (Å²) in [5.74, 6) is -1.29. The lowest BCUT2D eigenvalue weighted by atomic mass is 10.00. The Morgan fingerprint density at radius 1 is 1.03 bits per heavy atom. The molecule has 0 radical (unpaired) electrons. The van der Waals surface area contributed by atoms with Crippen molar-refractivity contribution in [3.63, 3.8) is 0 Å². The van der Waals surface area contributed by atoms with Crippen LogP contribution in [0.25, 0.3) is 0 Å². The van der Waals surface area contributed by atoms with Crippen molar-refractivity contribution in [2.75, 3.05) is 13.1 Å².